The van der Waals surface area contributed by atoms with Crippen molar-refractivity contribution in [2.45, 2.75) is 38.6 Å². The van der Waals surface area contributed by atoms with Gasteiger partial charge in [0.1, 0.15) is 11.6 Å². The molecule has 0 aliphatic heterocycles. The minimum absolute atomic E-state index is 0.0510. The second-order valence-corrected chi connectivity index (χ2v) is 5.15. The summed E-state index contributed by atoms with van der Waals surface area (Å²) in [5, 5.41) is 3.38. The highest BCUT2D eigenvalue weighted by Crippen LogP contribution is 2.33. The van der Waals surface area contributed by atoms with Crippen LogP contribution in [0, 0.1) is 11.7 Å². The first-order valence-electron chi connectivity index (χ1n) is 6.77. The smallest absolute Gasteiger partial charge is 0.131 e. The lowest BCUT2D eigenvalue weighted by atomic mass is 10.1. The van der Waals surface area contributed by atoms with Crippen LogP contribution in [0.3, 0.4) is 0 Å². The lowest BCUT2D eigenvalue weighted by Gasteiger charge is -2.15. The van der Waals surface area contributed by atoms with Crippen LogP contribution >= 0.6 is 0 Å². The molecule has 0 saturated heterocycles. The van der Waals surface area contributed by atoms with Crippen molar-refractivity contribution in [3.05, 3.63) is 29.6 Å². The van der Waals surface area contributed by atoms with E-state index in [9.17, 15) is 4.39 Å². The van der Waals surface area contributed by atoms with E-state index in [0.29, 0.717) is 11.3 Å². The van der Waals surface area contributed by atoms with Crippen LogP contribution < -0.4 is 10.1 Å². The fourth-order valence-electron chi connectivity index (χ4n) is 2.21. The number of methoxy groups -OCH3 is 1. The first-order chi connectivity index (χ1) is 8.70. The van der Waals surface area contributed by atoms with Crippen molar-refractivity contribution in [2.24, 2.45) is 5.92 Å². The molecular formula is C15H22FNO. The summed E-state index contributed by atoms with van der Waals surface area (Å²) in [7, 11) is 1.55. The van der Waals surface area contributed by atoms with E-state index in [0.717, 1.165) is 12.5 Å². The van der Waals surface area contributed by atoms with E-state index in [1.54, 1.807) is 19.2 Å². The van der Waals surface area contributed by atoms with Gasteiger partial charge in [-0.1, -0.05) is 18.9 Å². The van der Waals surface area contributed by atoms with Gasteiger partial charge in [0.25, 0.3) is 0 Å². The van der Waals surface area contributed by atoms with E-state index in [2.05, 4.69) is 5.32 Å². The van der Waals surface area contributed by atoms with Gasteiger partial charge in [-0.3, -0.25) is 0 Å². The summed E-state index contributed by atoms with van der Waals surface area (Å²) in [5.41, 5.74) is 0.710. The predicted octanol–water partition coefficient (Wildman–Crippen LogP) is 3.68. The Hall–Kier alpha value is -1.09. The van der Waals surface area contributed by atoms with Crippen LogP contribution in [-0.4, -0.2) is 13.7 Å². The monoisotopic (exact) mass is 251 g/mol. The lowest BCUT2D eigenvalue weighted by Crippen LogP contribution is -2.20. The Labute approximate surface area is 109 Å². The third-order valence-electron chi connectivity index (χ3n) is 3.61. The third kappa shape index (κ3) is 3.70. The van der Waals surface area contributed by atoms with Gasteiger partial charge in [0.05, 0.1) is 7.11 Å². The van der Waals surface area contributed by atoms with Crippen molar-refractivity contribution in [2.75, 3.05) is 13.7 Å². The minimum atomic E-state index is -0.198. The molecule has 0 amide bonds. The molecule has 0 radical (unpaired) electrons. The topological polar surface area (TPSA) is 21.3 Å². The zero-order valence-electron chi connectivity index (χ0n) is 11.2. The van der Waals surface area contributed by atoms with Crippen molar-refractivity contribution >= 4 is 0 Å². The van der Waals surface area contributed by atoms with E-state index in [1.165, 1.54) is 31.7 Å². The maximum atomic E-state index is 13.8. The van der Waals surface area contributed by atoms with Crippen molar-refractivity contribution in [1.82, 2.24) is 5.32 Å². The van der Waals surface area contributed by atoms with E-state index in [-0.39, 0.29) is 11.9 Å². The molecule has 18 heavy (non-hydrogen) atoms. The molecule has 1 aromatic carbocycles. The summed E-state index contributed by atoms with van der Waals surface area (Å²) in [6.07, 6.45) is 5.31. The molecule has 0 heterocycles. The summed E-state index contributed by atoms with van der Waals surface area (Å²) in [6, 6.07) is 5.10. The van der Waals surface area contributed by atoms with Crippen LogP contribution in [0.25, 0.3) is 0 Å². The highest BCUT2D eigenvalue weighted by Gasteiger charge is 2.20. The molecule has 2 nitrogen and oxygen atoms in total. The van der Waals surface area contributed by atoms with Crippen LogP contribution in [0.1, 0.15) is 44.2 Å². The maximum Gasteiger partial charge on any atom is 0.131 e. The number of hydrogen-bond donors (Lipinski definition) is 1. The third-order valence-corrected chi connectivity index (χ3v) is 3.61. The zero-order chi connectivity index (χ0) is 13.0. The van der Waals surface area contributed by atoms with Crippen LogP contribution in [0.2, 0.25) is 0 Å². The van der Waals surface area contributed by atoms with Crippen LogP contribution in [0.5, 0.6) is 5.75 Å². The van der Waals surface area contributed by atoms with Gasteiger partial charge in [-0.05, 0) is 38.3 Å². The normalized spacial score (nSPS) is 16.6. The van der Waals surface area contributed by atoms with Gasteiger partial charge in [-0.15, -0.1) is 0 Å². The van der Waals surface area contributed by atoms with Crippen molar-refractivity contribution in [3.63, 3.8) is 0 Å². The van der Waals surface area contributed by atoms with Crippen LogP contribution in [-0.2, 0) is 0 Å². The average Bonchev–Trinajstić information content (AvgIpc) is 3.18. The SMILES string of the molecule is COc1ccc(C(C)NCCCC2CC2)c(F)c1. The second-order valence-electron chi connectivity index (χ2n) is 5.15. The van der Waals surface area contributed by atoms with Crippen LogP contribution in [0.15, 0.2) is 18.2 Å². The summed E-state index contributed by atoms with van der Waals surface area (Å²) in [5.74, 6) is 1.34. The van der Waals surface area contributed by atoms with Gasteiger partial charge >= 0.3 is 0 Å². The molecule has 1 N–H and O–H groups in total. The van der Waals surface area contributed by atoms with Gasteiger partial charge in [-0.25, -0.2) is 4.39 Å². The first-order valence-corrected chi connectivity index (χ1v) is 6.77. The molecule has 0 spiro atoms. The molecule has 1 aliphatic rings. The molecule has 2 rings (SSSR count). The lowest BCUT2D eigenvalue weighted by molar-refractivity contribution is 0.409. The van der Waals surface area contributed by atoms with Gasteiger partial charge in [0.15, 0.2) is 0 Å². The molecule has 1 atom stereocenters. The van der Waals surface area contributed by atoms with E-state index in [1.807, 2.05) is 6.92 Å². The predicted molar refractivity (Wildman–Crippen MR) is 71.3 cm³/mol. The Morgan fingerprint density at radius 1 is 1.44 bits per heavy atom. The highest BCUT2D eigenvalue weighted by atomic mass is 19.1. The minimum Gasteiger partial charge on any atom is -0.497 e. The van der Waals surface area contributed by atoms with Crippen molar-refractivity contribution < 1.29 is 9.13 Å². The molecule has 1 fully saturated rings. The largest absolute Gasteiger partial charge is 0.497 e. The first kappa shape index (κ1) is 13.3. The number of rotatable bonds is 7. The van der Waals surface area contributed by atoms with Gasteiger partial charge in [0.2, 0.25) is 0 Å². The molecule has 3 heteroatoms. The molecule has 1 aliphatic carbocycles. The maximum absolute atomic E-state index is 13.8. The Kier molecular flexibility index (Phi) is 4.59. The molecule has 0 bridgehead atoms. The van der Waals surface area contributed by atoms with Crippen molar-refractivity contribution in [3.8, 4) is 5.75 Å². The fraction of sp³-hybridized carbons (Fsp3) is 0.600. The number of nitrogens with one attached hydrogen (secondary N) is 1. The zero-order valence-corrected chi connectivity index (χ0v) is 11.2. The van der Waals surface area contributed by atoms with Crippen molar-refractivity contribution in [1.29, 1.82) is 0 Å². The summed E-state index contributed by atoms with van der Waals surface area (Å²) in [6.45, 7) is 2.96. The fourth-order valence-corrected chi connectivity index (χ4v) is 2.21. The summed E-state index contributed by atoms with van der Waals surface area (Å²) in [4.78, 5) is 0. The molecule has 0 aromatic heterocycles. The Bertz CT molecular complexity index is 390. The van der Waals surface area contributed by atoms with E-state index < -0.39 is 0 Å². The van der Waals surface area contributed by atoms with Crippen LogP contribution in [0.4, 0.5) is 4.39 Å². The number of benzene rings is 1. The van der Waals surface area contributed by atoms with E-state index >= 15 is 0 Å². The summed E-state index contributed by atoms with van der Waals surface area (Å²) >= 11 is 0. The summed E-state index contributed by atoms with van der Waals surface area (Å²) < 4.78 is 18.8. The Morgan fingerprint density at radius 3 is 2.83 bits per heavy atom. The Balaban J connectivity index is 1.81. The Morgan fingerprint density at radius 2 is 2.22 bits per heavy atom. The molecule has 100 valence electrons. The van der Waals surface area contributed by atoms with Gasteiger partial charge < -0.3 is 10.1 Å². The standard InChI is InChI=1S/C15H22FNO/c1-11(17-9-3-4-12-5-6-12)14-8-7-13(18-2)10-15(14)16/h7-8,10-12,17H,3-6,9H2,1-2H3. The average molecular weight is 251 g/mol. The van der Waals surface area contributed by atoms with Gasteiger partial charge in [0, 0.05) is 17.7 Å². The number of hydrogen-bond acceptors (Lipinski definition) is 2. The highest BCUT2D eigenvalue weighted by molar-refractivity contribution is 5.30. The number of halogens is 1. The quantitative estimate of drug-likeness (QED) is 0.746. The molecule has 1 unspecified atom stereocenters. The second kappa shape index (κ2) is 6.19. The molecule has 1 saturated carbocycles. The van der Waals surface area contributed by atoms with E-state index in [4.69, 9.17) is 4.74 Å². The number of ether oxygens (including phenoxy) is 1. The molecular weight excluding hydrogens is 229 g/mol. The molecule has 1 aromatic rings. The van der Waals surface area contributed by atoms with Gasteiger partial charge in [-0.2, -0.15) is 0 Å².